The number of aromatic amines is 1. The van der Waals surface area contributed by atoms with Gasteiger partial charge in [0.15, 0.2) is 5.75 Å². The minimum atomic E-state index is -0.486. The van der Waals surface area contributed by atoms with E-state index in [0.717, 1.165) is 0 Å². The largest absolute Gasteiger partial charge is 0.455 e. The van der Waals surface area contributed by atoms with Gasteiger partial charge in [-0.3, -0.25) is 9.59 Å². The van der Waals surface area contributed by atoms with Crippen molar-refractivity contribution >= 4 is 11.6 Å². The molecule has 3 aromatic rings. The van der Waals surface area contributed by atoms with Crippen molar-refractivity contribution in [1.29, 1.82) is 0 Å². The van der Waals surface area contributed by atoms with Crippen molar-refractivity contribution in [3.05, 3.63) is 88.3 Å². The van der Waals surface area contributed by atoms with Crippen LogP contribution in [-0.4, -0.2) is 10.9 Å². The normalized spacial score (nSPS) is 10.2. The zero-order valence-corrected chi connectivity index (χ0v) is 13.1. The highest BCUT2D eigenvalue weighted by Gasteiger charge is 2.13. The van der Waals surface area contributed by atoms with E-state index in [-0.39, 0.29) is 5.56 Å². The Morgan fingerprint density at radius 3 is 2.42 bits per heavy atom. The minimum Gasteiger partial charge on any atom is -0.455 e. The number of rotatable bonds is 4. The molecule has 0 saturated carbocycles. The molecule has 24 heavy (non-hydrogen) atoms. The molecule has 120 valence electrons. The van der Waals surface area contributed by atoms with E-state index >= 15 is 0 Å². The maximum atomic E-state index is 12.4. The van der Waals surface area contributed by atoms with Crippen LogP contribution in [0.3, 0.4) is 0 Å². The van der Waals surface area contributed by atoms with E-state index in [4.69, 9.17) is 4.74 Å². The van der Waals surface area contributed by atoms with Crippen LogP contribution in [0.1, 0.15) is 16.1 Å². The van der Waals surface area contributed by atoms with Crippen molar-refractivity contribution in [2.24, 2.45) is 0 Å². The molecule has 0 aliphatic carbocycles. The molecule has 0 bridgehead atoms. The van der Waals surface area contributed by atoms with Gasteiger partial charge in [0.1, 0.15) is 11.3 Å². The first-order chi connectivity index (χ1) is 11.6. The Labute approximate surface area is 138 Å². The number of para-hydroxylation sites is 3. The topological polar surface area (TPSA) is 71.2 Å². The zero-order chi connectivity index (χ0) is 16.9. The van der Waals surface area contributed by atoms with Gasteiger partial charge in [-0.25, -0.2) is 0 Å². The van der Waals surface area contributed by atoms with E-state index in [0.29, 0.717) is 22.9 Å². The third-order valence-corrected chi connectivity index (χ3v) is 3.41. The van der Waals surface area contributed by atoms with E-state index in [9.17, 15) is 9.59 Å². The van der Waals surface area contributed by atoms with E-state index in [1.807, 2.05) is 36.4 Å². The fraction of sp³-hybridized carbons (Fsp3) is 0.0526. The van der Waals surface area contributed by atoms with Gasteiger partial charge in [-0.2, -0.15) is 0 Å². The van der Waals surface area contributed by atoms with E-state index in [1.54, 1.807) is 31.2 Å². The van der Waals surface area contributed by atoms with Crippen LogP contribution in [0.25, 0.3) is 0 Å². The van der Waals surface area contributed by atoms with Crippen LogP contribution in [0, 0.1) is 6.92 Å². The zero-order valence-electron chi connectivity index (χ0n) is 13.1. The van der Waals surface area contributed by atoms with Gasteiger partial charge in [-0.05, 0) is 43.3 Å². The number of ether oxygens (including phenoxy) is 1. The molecule has 3 rings (SSSR count). The van der Waals surface area contributed by atoms with Crippen molar-refractivity contribution in [3.8, 4) is 11.5 Å². The van der Waals surface area contributed by atoms with Gasteiger partial charge in [0.2, 0.25) is 0 Å². The Balaban J connectivity index is 1.85. The Morgan fingerprint density at radius 1 is 0.958 bits per heavy atom. The van der Waals surface area contributed by atoms with Gasteiger partial charge in [-0.1, -0.05) is 30.3 Å². The van der Waals surface area contributed by atoms with Gasteiger partial charge in [0.25, 0.3) is 11.5 Å². The lowest BCUT2D eigenvalue weighted by molar-refractivity contribution is 0.102. The number of hydrogen-bond donors (Lipinski definition) is 2. The van der Waals surface area contributed by atoms with Crippen molar-refractivity contribution in [2.45, 2.75) is 6.92 Å². The summed E-state index contributed by atoms with van der Waals surface area (Å²) >= 11 is 0. The maximum Gasteiger partial charge on any atom is 0.261 e. The quantitative estimate of drug-likeness (QED) is 0.769. The average molecular weight is 320 g/mol. The summed E-state index contributed by atoms with van der Waals surface area (Å²) in [6.45, 7) is 1.76. The number of carbonyl (C=O) groups is 1. The summed E-state index contributed by atoms with van der Waals surface area (Å²) in [5, 5.41) is 2.72. The number of carbonyl (C=O) groups excluding carboxylic acids is 1. The molecule has 0 saturated heterocycles. The van der Waals surface area contributed by atoms with Crippen LogP contribution in [0.4, 0.5) is 5.69 Å². The minimum absolute atomic E-state index is 0.0510. The Kier molecular flexibility index (Phi) is 4.43. The SMILES string of the molecule is Cc1ccc(C(=O)Nc2ccccc2Oc2ccccc2)c(=O)[nH]1. The number of hydrogen-bond acceptors (Lipinski definition) is 3. The average Bonchev–Trinajstić information content (AvgIpc) is 2.57. The maximum absolute atomic E-state index is 12.4. The van der Waals surface area contributed by atoms with Gasteiger partial charge < -0.3 is 15.0 Å². The van der Waals surface area contributed by atoms with Crippen molar-refractivity contribution in [3.63, 3.8) is 0 Å². The highest BCUT2D eigenvalue weighted by molar-refractivity contribution is 6.04. The molecule has 5 heteroatoms. The Bertz CT molecular complexity index is 917. The molecule has 5 nitrogen and oxygen atoms in total. The molecule has 0 aliphatic rings. The summed E-state index contributed by atoms with van der Waals surface area (Å²) in [5.74, 6) is 0.674. The van der Waals surface area contributed by atoms with Crippen molar-refractivity contribution < 1.29 is 9.53 Å². The first-order valence-electron chi connectivity index (χ1n) is 7.47. The highest BCUT2D eigenvalue weighted by atomic mass is 16.5. The number of anilines is 1. The summed E-state index contributed by atoms with van der Waals surface area (Å²) in [6, 6.07) is 19.5. The molecule has 1 amide bonds. The number of aryl methyl sites for hydroxylation is 1. The lowest BCUT2D eigenvalue weighted by Gasteiger charge is -2.12. The first-order valence-corrected chi connectivity index (χ1v) is 7.47. The van der Waals surface area contributed by atoms with E-state index < -0.39 is 11.5 Å². The summed E-state index contributed by atoms with van der Waals surface area (Å²) in [4.78, 5) is 26.9. The Hall–Kier alpha value is -3.34. The Morgan fingerprint density at radius 2 is 1.67 bits per heavy atom. The summed E-state index contributed by atoms with van der Waals surface area (Å²) in [7, 11) is 0. The van der Waals surface area contributed by atoms with Gasteiger partial charge in [0.05, 0.1) is 5.69 Å². The van der Waals surface area contributed by atoms with Gasteiger partial charge in [-0.15, -0.1) is 0 Å². The highest BCUT2D eigenvalue weighted by Crippen LogP contribution is 2.29. The lowest BCUT2D eigenvalue weighted by Crippen LogP contribution is -2.23. The molecular weight excluding hydrogens is 304 g/mol. The first kappa shape index (κ1) is 15.6. The van der Waals surface area contributed by atoms with E-state index in [2.05, 4.69) is 10.3 Å². The van der Waals surface area contributed by atoms with Gasteiger partial charge >= 0.3 is 0 Å². The number of H-pyrrole nitrogens is 1. The monoisotopic (exact) mass is 320 g/mol. The third-order valence-electron chi connectivity index (χ3n) is 3.41. The van der Waals surface area contributed by atoms with Crippen LogP contribution in [0.5, 0.6) is 11.5 Å². The number of amides is 1. The summed E-state index contributed by atoms with van der Waals surface area (Å²) < 4.78 is 5.79. The molecule has 0 spiro atoms. The second-order valence-electron chi connectivity index (χ2n) is 5.25. The second-order valence-corrected chi connectivity index (χ2v) is 5.25. The van der Waals surface area contributed by atoms with Crippen LogP contribution in [-0.2, 0) is 0 Å². The second kappa shape index (κ2) is 6.83. The fourth-order valence-corrected chi connectivity index (χ4v) is 2.21. The number of aromatic nitrogens is 1. The smallest absolute Gasteiger partial charge is 0.261 e. The molecule has 0 radical (unpaired) electrons. The standard InChI is InChI=1S/C19H16N2O3/c1-13-11-12-15(18(22)20-13)19(23)21-16-9-5-6-10-17(16)24-14-7-3-2-4-8-14/h2-12H,1H3,(H,20,22)(H,21,23). The molecule has 0 aliphatic heterocycles. The molecule has 0 fully saturated rings. The van der Waals surface area contributed by atoms with Crippen LogP contribution in [0.2, 0.25) is 0 Å². The molecule has 2 aromatic carbocycles. The lowest BCUT2D eigenvalue weighted by atomic mass is 10.2. The van der Waals surface area contributed by atoms with Crippen LogP contribution < -0.4 is 15.6 Å². The summed E-state index contributed by atoms with van der Waals surface area (Å²) in [6.07, 6.45) is 0. The molecule has 0 unspecified atom stereocenters. The molecule has 1 aromatic heterocycles. The molecule has 0 atom stereocenters. The number of nitrogens with one attached hydrogen (secondary N) is 2. The summed E-state index contributed by atoms with van der Waals surface area (Å²) in [5.41, 5.74) is 0.819. The predicted molar refractivity (Wildman–Crippen MR) is 92.7 cm³/mol. The molecule has 1 heterocycles. The number of pyridine rings is 1. The van der Waals surface area contributed by atoms with Gasteiger partial charge in [0, 0.05) is 5.69 Å². The third kappa shape index (κ3) is 3.52. The fourth-order valence-electron chi connectivity index (χ4n) is 2.21. The van der Waals surface area contributed by atoms with Crippen molar-refractivity contribution in [2.75, 3.05) is 5.32 Å². The van der Waals surface area contributed by atoms with E-state index in [1.165, 1.54) is 6.07 Å². The molecular formula is C19H16N2O3. The van der Waals surface area contributed by atoms with Crippen LogP contribution in [0.15, 0.2) is 71.5 Å². The number of benzene rings is 2. The molecule has 2 N–H and O–H groups in total. The van der Waals surface area contributed by atoms with Crippen LogP contribution >= 0.6 is 0 Å². The predicted octanol–water partition coefficient (Wildman–Crippen LogP) is 3.73. The van der Waals surface area contributed by atoms with Crippen molar-refractivity contribution in [1.82, 2.24) is 4.98 Å².